The van der Waals surface area contributed by atoms with Crippen molar-refractivity contribution in [2.45, 2.75) is 45.8 Å². The number of aryl methyl sites for hydroxylation is 1. The molecule has 1 unspecified atom stereocenters. The third kappa shape index (κ3) is 7.32. The molecule has 0 radical (unpaired) electrons. The Kier molecular flexibility index (Phi) is 8.63. The van der Waals surface area contributed by atoms with E-state index >= 15 is 0 Å². The van der Waals surface area contributed by atoms with Crippen molar-refractivity contribution in [3.63, 3.8) is 0 Å². The number of benzene rings is 1. The second kappa shape index (κ2) is 11.0. The molecule has 0 amide bonds. The van der Waals surface area contributed by atoms with E-state index in [2.05, 4.69) is 53.7 Å². The minimum absolute atomic E-state index is 0.311. The van der Waals surface area contributed by atoms with E-state index in [9.17, 15) is 0 Å². The van der Waals surface area contributed by atoms with Gasteiger partial charge in [0, 0.05) is 26.3 Å². The van der Waals surface area contributed by atoms with Crippen molar-refractivity contribution < 1.29 is 9.47 Å². The lowest BCUT2D eigenvalue weighted by atomic mass is 10.1. The molecule has 1 atom stereocenters. The van der Waals surface area contributed by atoms with Gasteiger partial charge >= 0.3 is 0 Å². The van der Waals surface area contributed by atoms with Gasteiger partial charge in [-0.15, -0.1) is 0 Å². The molecule has 0 spiro atoms. The number of ether oxygens (including phenoxy) is 2. The predicted molar refractivity (Wildman–Crippen MR) is 98.4 cm³/mol. The van der Waals surface area contributed by atoms with Crippen molar-refractivity contribution in [1.29, 1.82) is 0 Å². The highest BCUT2D eigenvalue weighted by Crippen LogP contribution is 2.11. The SMILES string of the molecule is CCNC(=NCc1cccc(C)c1)NCCCOCC1CCCO1. The van der Waals surface area contributed by atoms with Crippen molar-refractivity contribution in [2.24, 2.45) is 4.99 Å². The van der Waals surface area contributed by atoms with Crippen molar-refractivity contribution >= 4 is 5.96 Å². The lowest BCUT2D eigenvalue weighted by Crippen LogP contribution is -2.38. The minimum atomic E-state index is 0.311. The lowest BCUT2D eigenvalue weighted by Gasteiger charge is -2.12. The summed E-state index contributed by atoms with van der Waals surface area (Å²) in [5.74, 6) is 0.859. The number of nitrogens with one attached hydrogen (secondary N) is 2. The molecule has 134 valence electrons. The van der Waals surface area contributed by atoms with Crippen LogP contribution in [-0.2, 0) is 16.0 Å². The third-order valence-electron chi connectivity index (χ3n) is 3.93. The summed E-state index contributed by atoms with van der Waals surface area (Å²) in [5.41, 5.74) is 2.50. The van der Waals surface area contributed by atoms with Crippen molar-refractivity contribution in [3.05, 3.63) is 35.4 Å². The van der Waals surface area contributed by atoms with E-state index in [0.717, 1.165) is 51.7 Å². The predicted octanol–water partition coefficient (Wildman–Crippen LogP) is 2.64. The van der Waals surface area contributed by atoms with Crippen LogP contribution in [-0.4, -0.2) is 45.0 Å². The molecule has 0 bridgehead atoms. The molecule has 0 saturated carbocycles. The highest BCUT2D eigenvalue weighted by Gasteiger charge is 2.14. The molecule has 1 aromatic rings. The Bertz CT molecular complexity index is 499. The van der Waals surface area contributed by atoms with Gasteiger partial charge in [-0.05, 0) is 38.7 Å². The van der Waals surface area contributed by atoms with Gasteiger partial charge in [-0.25, -0.2) is 4.99 Å². The maximum Gasteiger partial charge on any atom is 0.191 e. The van der Waals surface area contributed by atoms with Crippen molar-refractivity contribution in [3.8, 4) is 0 Å². The van der Waals surface area contributed by atoms with Crippen LogP contribution in [0.2, 0.25) is 0 Å². The maximum atomic E-state index is 5.68. The van der Waals surface area contributed by atoms with Gasteiger partial charge in [0.1, 0.15) is 0 Å². The smallest absolute Gasteiger partial charge is 0.191 e. The molecular weight excluding hydrogens is 302 g/mol. The van der Waals surface area contributed by atoms with E-state index in [4.69, 9.17) is 9.47 Å². The molecule has 0 aromatic heterocycles. The molecule has 1 aliphatic heterocycles. The van der Waals surface area contributed by atoms with Crippen LogP contribution in [0.25, 0.3) is 0 Å². The van der Waals surface area contributed by atoms with E-state index in [1.54, 1.807) is 0 Å². The molecule has 1 aliphatic rings. The molecule has 1 fully saturated rings. The molecule has 2 N–H and O–H groups in total. The maximum absolute atomic E-state index is 5.68. The fourth-order valence-electron chi connectivity index (χ4n) is 2.69. The second-order valence-electron chi connectivity index (χ2n) is 6.17. The summed E-state index contributed by atoms with van der Waals surface area (Å²) >= 11 is 0. The molecular formula is C19H31N3O2. The van der Waals surface area contributed by atoms with Gasteiger partial charge in [0.25, 0.3) is 0 Å². The monoisotopic (exact) mass is 333 g/mol. The number of hydrogen-bond acceptors (Lipinski definition) is 3. The second-order valence-corrected chi connectivity index (χ2v) is 6.17. The van der Waals surface area contributed by atoms with Crippen LogP contribution in [0.15, 0.2) is 29.3 Å². The molecule has 1 aromatic carbocycles. The van der Waals surface area contributed by atoms with Crippen LogP contribution >= 0.6 is 0 Å². The summed E-state index contributed by atoms with van der Waals surface area (Å²) in [6.45, 7) is 8.94. The number of hydrogen-bond donors (Lipinski definition) is 2. The summed E-state index contributed by atoms with van der Waals surface area (Å²) in [6.07, 6.45) is 3.57. The Morgan fingerprint density at radius 1 is 1.38 bits per heavy atom. The van der Waals surface area contributed by atoms with E-state index in [1.807, 2.05) is 0 Å². The number of guanidine groups is 1. The zero-order valence-electron chi connectivity index (χ0n) is 15.0. The van der Waals surface area contributed by atoms with Gasteiger partial charge in [-0.3, -0.25) is 0 Å². The largest absolute Gasteiger partial charge is 0.379 e. The van der Waals surface area contributed by atoms with Crippen LogP contribution in [0.3, 0.4) is 0 Å². The molecule has 24 heavy (non-hydrogen) atoms. The fraction of sp³-hybridized carbons (Fsp3) is 0.632. The Hall–Kier alpha value is -1.59. The molecule has 0 aliphatic carbocycles. The molecule has 5 heteroatoms. The van der Waals surface area contributed by atoms with E-state index in [1.165, 1.54) is 17.5 Å². The van der Waals surface area contributed by atoms with Crippen LogP contribution < -0.4 is 10.6 Å². The van der Waals surface area contributed by atoms with Gasteiger partial charge in [0.05, 0.1) is 19.3 Å². The average Bonchev–Trinajstić information content (AvgIpc) is 3.09. The zero-order chi connectivity index (χ0) is 17.0. The first kappa shape index (κ1) is 18.7. The summed E-state index contributed by atoms with van der Waals surface area (Å²) in [7, 11) is 0. The van der Waals surface area contributed by atoms with E-state index < -0.39 is 0 Å². The first-order valence-electron chi connectivity index (χ1n) is 9.05. The Balaban J connectivity index is 1.63. The van der Waals surface area contributed by atoms with Crippen LogP contribution in [0.5, 0.6) is 0 Å². The number of aliphatic imine (C=N–C) groups is 1. The van der Waals surface area contributed by atoms with Gasteiger partial charge < -0.3 is 20.1 Å². The Morgan fingerprint density at radius 2 is 2.29 bits per heavy atom. The first-order valence-corrected chi connectivity index (χ1v) is 9.05. The molecule has 5 nitrogen and oxygen atoms in total. The summed E-state index contributed by atoms with van der Waals surface area (Å²) in [6, 6.07) is 8.46. The summed E-state index contributed by atoms with van der Waals surface area (Å²) < 4.78 is 11.2. The quantitative estimate of drug-likeness (QED) is 0.414. The van der Waals surface area contributed by atoms with Crippen LogP contribution in [0.1, 0.15) is 37.3 Å². The molecule has 1 heterocycles. The first-order chi connectivity index (χ1) is 11.8. The van der Waals surface area contributed by atoms with E-state index in [0.29, 0.717) is 12.6 Å². The standard InChI is InChI=1S/C19H31N3O2/c1-3-20-19(22-14-17-8-4-7-16(2)13-17)21-10-6-11-23-15-18-9-5-12-24-18/h4,7-8,13,18H,3,5-6,9-12,14-15H2,1-2H3,(H2,20,21,22). The van der Waals surface area contributed by atoms with Gasteiger partial charge in [0.15, 0.2) is 5.96 Å². The highest BCUT2D eigenvalue weighted by atomic mass is 16.5. The van der Waals surface area contributed by atoms with Gasteiger partial charge in [-0.1, -0.05) is 29.8 Å². The summed E-state index contributed by atoms with van der Waals surface area (Å²) in [5, 5.41) is 6.64. The Morgan fingerprint density at radius 3 is 3.04 bits per heavy atom. The lowest BCUT2D eigenvalue weighted by molar-refractivity contribution is 0.0168. The number of rotatable bonds is 9. The van der Waals surface area contributed by atoms with Crippen molar-refractivity contribution in [2.75, 3.05) is 32.9 Å². The summed E-state index contributed by atoms with van der Waals surface area (Å²) in [4.78, 5) is 4.64. The molecule has 1 saturated heterocycles. The zero-order valence-corrected chi connectivity index (χ0v) is 15.0. The Labute approximate surface area is 145 Å². The topological polar surface area (TPSA) is 54.9 Å². The third-order valence-corrected chi connectivity index (χ3v) is 3.93. The van der Waals surface area contributed by atoms with Crippen LogP contribution in [0.4, 0.5) is 0 Å². The number of nitrogens with zero attached hydrogens (tertiary/aromatic N) is 1. The average molecular weight is 333 g/mol. The fourth-order valence-corrected chi connectivity index (χ4v) is 2.69. The normalized spacial score (nSPS) is 17.9. The highest BCUT2D eigenvalue weighted by molar-refractivity contribution is 5.79. The van der Waals surface area contributed by atoms with E-state index in [-0.39, 0.29) is 0 Å². The molecule has 2 rings (SSSR count). The minimum Gasteiger partial charge on any atom is -0.379 e. The van der Waals surface area contributed by atoms with Crippen molar-refractivity contribution in [1.82, 2.24) is 10.6 Å². The van der Waals surface area contributed by atoms with Crippen LogP contribution in [0, 0.1) is 6.92 Å². The van der Waals surface area contributed by atoms with Gasteiger partial charge in [-0.2, -0.15) is 0 Å². The van der Waals surface area contributed by atoms with Gasteiger partial charge in [0.2, 0.25) is 0 Å².